The van der Waals surface area contributed by atoms with E-state index in [-0.39, 0.29) is 18.5 Å². The van der Waals surface area contributed by atoms with Gasteiger partial charge < -0.3 is 14.5 Å². The van der Waals surface area contributed by atoms with Crippen molar-refractivity contribution >= 4 is 18.5 Å². The lowest BCUT2D eigenvalue weighted by atomic mass is 10.2. The number of carbonyl (C=O) groups excluding carboxylic acids is 1. The molecular formula is C12H19ClN2O2. The van der Waals surface area contributed by atoms with Gasteiger partial charge in [0, 0.05) is 26.2 Å². The van der Waals surface area contributed by atoms with Crippen LogP contribution in [0.4, 0.5) is 4.79 Å². The van der Waals surface area contributed by atoms with Crippen molar-refractivity contribution < 1.29 is 9.53 Å². The zero-order valence-corrected chi connectivity index (χ0v) is 11.5. The van der Waals surface area contributed by atoms with Crippen molar-refractivity contribution in [3.63, 3.8) is 0 Å². The monoisotopic (exact) mass is 258 g/mol. The fourth-order valence-electron chi connectivity index (χ4n) is 1.26. The molecule has 0 atom stereocenters. The van der Waals surface area contributed by atoms with Crippen molar-refractivity contribution in [3.8, 4) is 5.75 Å². The standard InChI is InChI=1S/C12H18N2O2.ClH/c1-13(2)9-10-7-5-6-8-11(10)16-12(15)14(3)4;/h5-8H,9H2,1-4H3;1H. The van der Waals surface area contributed by atoms with Crippen molar-refractivity contribution in [2.24, 2.45) is 0 Å². The molecule has 0 aliphatic heterocycles. The van der Waals surface area contributed by atoms with Gasteiger partial charge in [-0.2, -0.15) is 0 Å². The van der Waals surface area contributed by atoms with Crippen LogP contribution < -0.4 is 4.74 Å². The molecule has 0 fully saturated rings. The van der Waals surface area contributed by atoms with Crippen molar-refractivity contribution in [2.45, 2.75) is 6.54 Å². The van der Waals surface area contributed by atoms with Gasteiger partial charge in [0.2, 0.25) is 0 Å². The zero-order valence-electron chi connectivity index (χ0n) is 10.6. The summed E-state index contributed by atoms with van der Waals surface area (Å²) in [6.07, 6.45) is -0.355. The molecule has 0 N–H and O–H groups in total. The van der Waals surface area contributed by atoms with E-state index in [0.29, 0.717) is 5.75 Å². The van der Waals surface area contributed by atoms with Gasteiger partial charge in [-0.05, 0) is 20.2 Å². The molecule has 0 aromatic heterocycles. The molecule has 1 rings (SSSR count). The summed E-state index contributed by atoms with van der Waals surface area (Å²) in [4.78, 5) is 14.9. The minimum atomic E-state index is -0.355. The van der Waals surface area contributed by atoms with Crippen LogP contribution in [-0.2, 0) is 6.54 Å². The summed E-state index contributed by atoms with van der Waals surface area (Å²) in [5.41, 5.74) is 1.00. The summed E-state index contributed by atoms with van der Waals surface area (Å²) in [5, 5.41) is 0. The molecule has 17 heavy (non-hydrogen) atoms. The fourth-order valence-corrected chi connectivity index (χ4v) is 1.26. The Morgan fingerprint density at radius 1 is 1.18 bits per heavy atom. The fraction of sp³-hybridized carbons (Fsp3) is 0.417. The van der Waals surface area contributed by atoms with Gasteiger partial charge in [-0.3, -0.25) is 0 Å². The SMILES string of the molecule is CN(C)Cc1ccccc1OC(=O)N(C)C.Cl. The molecular weight excluding hydrogens is 240 g/mol. The average Bonchev–Trinajstić information content (AvgIpc) is 2.20. The van der Waals surface area contributed by atoms with Crippen molar-refractivity contribution in [1.82, 2.24) is 9.80 Å². The molecule has 0 aliphatic rings. The molecule has 1 aromatic rings. The molecule has 1 aromatic carbocycles. The first-order valence-corrected chi connectivity index (χ1v) is 5.12. The van der Waals surface area contributed by atoms with Gasteiger partial charge in [0.05, 0.1) is 0 Å². The average molecular weight is 259 g/mol. The number of rotatable bonds is 3. The first kappa shape index (κ1) is 15.7. The van der Waals surface area contributed by atoms with Crippen LogP contribution in [0.5, 0.6) is 5.75 Å². The number of hydrogen-bond donors (Lipinski definition) is 0. The third-order valence-electron chi connectivity index (χ3n) is 2.02. The predicted octanol–water partition coefficient (Wildman–Crippen LogP) is 2.23. The van der Waals surface area contributed by atoms with E-state index >= 15 is 0 Å². The van der Waals surface area contributed by atoms with Gasteiger partial charge in [0.15, 0.2) is 0 Å². The van der Waals surface area contributed by atoms with Crippen LogP contribution in [0.25, 0.3) is 0 Å². The second-order valence-electron chi connectivity index (χ2n) is 4.11. The summed E-state index contributed by atoms with van der Waals surface area (Å²) in [7, 11) is 7.28. The maximum absolute atomic E-state index is 11.4. The highest BCUT2D eigenvalue weighted by Gasteiger charge is 2.10. The second kappa shape index (κ2) is 7.14. The number of halogens is 1. The predicted molar refractivity (Wildman–Crippen MR) is 70.8 cm³/mol. The number of hydrogen-bond acceptors (Lipinski definition) is 3. The van der Waals surface area contributed by atoms with Crippen molar-refractivity contribution in [2.75, 3.05) is 28.2 Å². The molecule has 0 aliphatic carbocycles. The number of ether oxygens (including phenoxy) is 1. The van der Waals surface area contributed by atoms with E-state index in [1.165, 1.54) is 4.90 Å². The van der Waals surface area contributed by atoms with Gasteiger partial charge >= 0.3 is 6.09 Å². The quantitative estimate of drug-likeness (QED) is 0.834. The van der Waals surface area contributed by atoms with E-state index in [2.05, 4.69) is 0 Å². The van der Waals surface area contributed by atoms with Crippen LogP contribution in [0.15, 0.2) is 24.3 Å². The molecule has 96 valence electrons. The van der Waals surface area contributed by atoms with E-state index in [4.69, 9.17) is 4.74 Å². The molecule has 5 heteroatoms. The number of carbonyl (C=O) groups is 1. The van der Waals surface area contributed by atoms with Gasteiger partial charge in [0.25, 0.3) is 0 Å². The maximum Gasteiger partial charge on any atom is 0.414 e. The van der Waals surface area contributed by atoms with E-state index in [1.54, 1.807) is 20.2 Å². The lowest BCUT2D eigenvalue weighted by Gasteiger charge is -2.15. The Bertz CT molecular complexity index is 367. The Hall–Kier alpha value is -1.26. The minimum absolute atomic E-state index is 0. The Morgan fingerprint density at radius 2 is 1.76 bits per heavy atom. The van der Waals surface area contributed by atoms with Crippen LogP contribution >= 0.6 is 12.4 Å². The maximum atomic E-state index is 11.4. The van der Waals surface area contributed by atoms with E-state index in [1.807, 2.05) is 37.2 Å². The highest BCUT2D eigenvalue weighted by atomic mass is 35.5. The topological polar surface area (TPSA) is 32.8 Å². The normalized spacial score (nSPS) is 9.71. The number of para-hydroxylation sites is 1. The first-order chi connectivity index (χ1) is 7.50. The summed E-state index contributed by atoms with van der Waals surface area (Å²) in [6.45, 7) is 0.747. The second-order valence-corrected chi connectivity index (χ2v) is 4.11. The highest BCUT2D eigenvalue weighted by molar-refractivity contribution is 5.85. The Balaban J connectivity index is 0.00000256. The summed E-state index contributed by atoms with van der Waals surface area (Å²) in [6, 6.07) is 7.56. The molecule has 0 saturated carbocycles. The van der Waals surface area contributed by atoms with Crippen LogP contribution in [0, 0.1) is 0 Å². The molecule has 0 saturated heterocycles. The summed E-state index contributed by atoms with van der Waals surface area (Å²) < 4.78 is 5.27. The number of amides is 1. The van der Waals surface area contributed by atoms with Crippen LogP contribution in [0.1, 0.15) is 5.56 Å². The van der Waals surface area contributed by atoms with Crippen molar-refractivity contribution in [1.29, 1.82) is 0 Å². The zero-order chi connectivity index (χ0) is 12.1. The lowest BCUT2D eigenvalue weighted by Crippen LogP contribution is -2.26. The van der Waals surface area contributed by atoms with Crippen LogP contribution in [-0.4, -0.2) is 44.1 Å². The molecule has 4 nitrogen and oxygen atoms in total. The summed E-state index contributed by atoms with van der Waals surface area (Å²) >= 11 is 0. The Labute approximate surface area is 109 Å². The highest BCUT2D eigenvalue weighted by Crippen LogP contribution is 2.19. The Morgan fingerprint density at radius 3 is 2.29 bits per heavy atom. The molecule has 0 heterocycles. The van der Waals surface area contributed by atoms with Gasteiger partial charge in [0.1, 0.15) is 5.75 Å². The van der Waals surface area contributed by atoms with E-state index < -0.39 is 0 Å². The molecule has 1 amide bonds. The van der Waals surface area contributed by atoms with E-state index in [0.717, 1.165) is 12.1 Å². The Kier molecular flexibility index (Phi) is 6.61. The number of nitrogens with zero attached hydrogens (tertiary/aromatic N) is 2. The largest absolute Gasteiger partial charge is 0.414 e. The van der Waals surface area contributed by atoms with E-state index in [9.17, 15) is 4.79 Å². The third kappa shape index (κ3) is 5.06. The molecule has 0 unspecified atom stereocenters. The smallest absolute Gasteiger partial charge is 0.410 e. The molecule has 0 bridgehead atoms. The third-order valence-corrected chi connectivity index (χ3v) is 2.02. The minimum Gasteiger partial charge on any atom is -0.410 e. The first-order valence-electron chi connectivity index (χ1n) is 5.12. The molecule has 0 spiro atoms. The van der Waals surface area contributed by atoms with Crippen LogP contribution in [0.3, 0.4) is 0 Å². The van der Waals surface area contributed by atoms with Crippen LogP contribution in [0.2, 0.25) is 0 Å². The van der Waals surface area contributed by atoms with Gasteiger partial charge in [-0.1, -0.05) is 18.2 Å². The van der Waals surface area contributed by atoms with Gasteiger partial charge in [-0.15, -0.1) is 12.4 Å². The number of benzene rings is 1. The lowest BCUT2D eigenvalue weighted by molar-refractivity contribution is 0.171. The molecule has 0 radical (unpaired) electrons. The van der Waals surface area contributed by atoms with Gasteiger partial charge in [-0.25, -0.2) is 4.79 Å². The summed E-state index contributed by atoms with van der Waals surface area (Å²) in [5.74, 6) is 0.620. The van der Waals surface area contributed by atoms with Crippen molar-refractivity contribution in [3.05, 3.63) is 29.8 Å².